The molecule has 0 unspecified atom stereocenters. The van der Waals surface area contributed by atoms with Crippen LogP contribution in [-0.4, -0.2) is 15.0 Å². The van der Waals surface area contributed by atoms with E-state index in [0.717, 1.165) is 3.57 Å². The average Bonchev–Trinajstić information content (AvgIpc) is 2.20. The number of H-pyrrole nitrogens is 1. The summed E-state index contributed by atoms with van der Waals surface area (Å²) in [5, 5.41) is 0.594. The Morgan fingerprint density at radius 1 is 1.38 bits per heavy atom. The molecule has 1 aromatic heterocycles. The van der Waals surface area contributed by atoms with Gasteiger partial charge in [-0.3, -0.25) is 4.98 Å². The zero-order valence-electron chi connectivity index (χ0n) is 7.87. The molecule has 2 rings (SSSR count). The van der Waals surface area contributed by atoms with E-state index < -0.39 is 5.69 Å². The fraction of sp³-hybridized carbons (Fsp3) is 0. The molecule has 0 saturated carbocycles. The maximum atomic E-state index is 11.1. The number of hydrogen-bond donors (Lipinski definition) is 2. The van der Waals surface area contributed by atoms with E-state index in [2.05, 4.69) is 37.5 Å². The topological polar surface area (TPSA) is 84.7 Å². The summed E-state index contributed by atoms with van der Waals surface area (Å²) in [5.74, 6) is 0.296. The monoisotopic (exact) mass is 348 g/mol. The van der Waals surface area contributed by atoms with Crippen molar-refractivity contribution in [3.8, 4) is 11.4 Å². The smallest absolute Gasteiger partial charge is 0.349 e. The van der Waals surface area contributed by atoms with E-state index in [1.54, 1.807) is 12.1 Å². The van der Waals surface area contributed by atoms with Crippen molar-refractivity contribution >= 4 is 40.1 Å². The van der Waals surface area contributed by atoms with Crippen LogP contribution in [0.2, 0.25) is 5.02 Å². The third-order valence-corrected chi connectivity index (χ3v) is 3.43. The highest BCUT2D eigenvalue weighted by Gasteiger charge is 2.05. The Hall–Kier alpha value is -1.15. The van der Waals surface area contributed by atoms with Crippen molar-refractivity contribution in [3.05, 3.63) is 37.3 Å². The van der Waals surface area contributed by atoms with E-state index in [-0.39, 0.29) is 5.95 Å². The Bertz CT molecular complexity index is 598. The molecule has 3 N–H and O–H groups in total. The molecule has 2 aromatic rings. The summed E-state index contributed by atoms with van der Waals surface area (Å²) in [5.41, 5.74) is 5.55. The summed E-state index contributed by atoms with van der Waals surface area (Å²) in [6, 6.07) is 5.33. The molecule has 5 nitrogen and oxygen atoms in total. The molecule has 0 spiro atoms. The maximum absolute atomic E-state index is 11.1. The second-order valence-corrected chi connectivity index (χ2v) is 4.56. The molecule has 0 saturated heterocycles. The molecule has 0 aliphatic rings. The van der Waals surface area contributed by atoms with E-state index in [0.29, 0.717) is 16.4 Å². The number of nitrogens with one attached hydrogen (secondary N) is 1. The Labute approximate surface area is 109 Å². The summed E-state index contributed by atoms with van der Waals surface area (Å²) in [6.07, 6.45) is 0. The van der Waals surface area contributed by atoms with Gasteiger partial charge < -0.3 is 5.73 Å². The van der Waals surface area contributed by atoms with Gasteiger partial charge in [-0.15, -0.1) is 0 Å². The van der Waals surface area contributed by atoms with Gasteiger partial charge in [-0.25, -0.2) is 4.79 Å². The predicted octanol–water partition coefficient (Wildman–Crippen LogP) is 1.67. The van der Waals surface area contributed by atoms with Crippen molar-refractivity contribution < 1.29 is 0 Å². The van der Waals surface area contributed by atoms with Gasteiger partial charge in [-0.1, -0.05) is 17.7 Å². The minimum atomic E-state index is -0.530. The lowest BCUT2D eigenvalue weighted by Gasteiger charge is -2.02. The lowest BCUT2D eigenvalue weighted by atomic mass is 10.2. The standard InChI is InChI=1S/C9H6ClIN4O/c10-5-3-4(1-2-6(5)11)7-13-8(12)15-9(16)14-7/h1-3H,(H3,12,13,14,15,16). The fourth-order valence-electron chi connectivity index (χ4n) is 1.18. The van der Waals surface area contributed by atoms with Crippen LogP contribution in [0.25, 0.3) is 11.4 Å². The quantitative estimate of drug-likeness (QED) is 0.768. The number of aromatic nitrogens is 3. The van der Waals surface area contributed by atoms with Crippen LogP contribution >= 0.6 is 34.2 Å². The number of nitrogens with zero attached hydrogens (tertiary/aromatic N) is 2. The number of nitrogen functional groups attached to an aromatic ring is 1. The Kier molecular flexibility index (Phi) is 3.10. The van der Waals surface area contributed by atoms with Gasteiger partial charge in [0.25, 0.3) is 0 Å². The number of halogens is 2. The molecule has 0 aliphatic heterocycles. The zero-order chi connectivity index (χ0) is 11.7. The van der Waals surface area contributed by atoms with Crippen LogP contribution in [0, 0.1) is 3.57 Å². The van der Waals surface area contributed by atoms with Gasteiger partial charge in [-0.2, -0.15) is 9.97 Å². The summed E-state index contributed by atoms with van der Waals surface area (Å²) >= 11 is 8.08. The van der Waals surface area contributed by atoms with Gasteiger partial charge in [0.05, 0.1) is 5.02 Å². The SMILES string of the molecule is Nc1nc(-c2ccc(I)c(Cl)c2)[nH]c(=O)n1. The molecule has 7 heteroatoms. The van der Waals surface area contributed by atoms with Crippen LogP contribution in [-0.2, 0) is 0 Å². The molecule has 0 radical (unpaired) electrons. The second kappa shape index (κ2) is 4.38. The minimum absolute atomic E-state index is 0.0616. The number of rotatable bonds is 1. The molecular weight excluding hydrogens is 342 g/mol. The van der Waals surface area contributed by atoms with Gasteiger partial charge >= 0.3 is 5.69 Å². The van der Waals surface area contributed by atoms with Crippen LogP contribution in [0.3, 0.4) is 0 Å². The summed E-state index contributed by atoms with van der Waals surface area (Å²) in [4.78, 5) is 21.0. The maximum Gasteiger partial charge on any atom is 0.349 e. The van der Waals surface area contributed by atoms with Crippen LogP contribution in [0.5, 0.6) is 0 Å². The highest BCUT2D eigenvalue weighted by atomic mass is 127. The Balaban J connectivity index is 2.58. The molecule has 0 bridgehead atoms. The van der Waals surface area contributed by atoms with Crippen LogP contribution in [0.1, 0.15) is 0 Å². The minimum Gasteiger partial charge on any atom is -0.368 e. The zero-order valence-corrected chi connectivity index (χ0v) is 10.8. The third-order valence-electron chi connectivity index (χ3n) is 1.86. The summed E-state index contributed by atoms with van der Waals surface area (Å²) in [7, 11) is 0. The molecule has 0 aliphatic carbocycles. The Morgan fingerprint density at radius 3 is 2.75 bits per heavy atom. The number of aromatic amines is 1. The summed E-state index contributed by atoms with van der Waals surface area (Å²) < 4.78 is 0.924. The average molecular weight is 349 g/mol. The molecule has 82 valence electrons. The van der Waals surface area contributed by atoms with E-state index in [4.69, 9.17) is 17.3 Å². The van der Waals surface area contributed by atoms with Crippen LogP contribution in [0.15, 0.2) is 23.0 Å². The van der Waals surface area contributed by atoms with Crippen LogP contribution < -0.4 is 11.4 Å². The van der Waals surface area contributed by atoms with E-state index in [1.165, 1.54) is 0 Å². The lowest BCUT2D eigenvalue weighted by Crippen LogP contribution is -2.15. The molecular formula is C9H6ClIN4O. The van der Waals surface area contributed by atoms with E-state index in [9.17, 15) is 4.79 Å². The predicted molar refractivity (Wildman–Crippen MR) is 70.2 cm³/mol. The van der Waals surface area contributed by atoms with Crippen molar-refractivity contribution in [1.82, 2.24) is 15.0 Å². The largest absolute Gasteiger partial charge is 0.368 e. The number of hydrogen-bond acceptors (Lipinski definition) is 4. The molecule has 0 amide bonds. The first-order chi connectivity index (χ1) is 7.56. The number of benzene rings is 1. The van der Waals surface area contributed by atoms with Crippen molar-refractivity contribution in [2.45, 2.75) is 0 Å². The van der Waals surface area contributed by atoms with Gasteiger partial charge in [0, 0.05) is 9.13 Å². The normalized spacial score (nSPS) is 10.4. The Morgan fingerprint density at radius 2 is 2.12 bits per heavy atom. The fourth-order valence-corrected chi connectivity index (χ4v) is 1.70. The summed E-state index contributed by atoms with van der Waals surface area (Å²) in [6.45, 7) is 0. The van der Waals surface area contributed by atoms with Gasteiger partial charge in [0.1, 0.15) is 5.82 Å². The highest BCUT2D eigenvalue weighted by molar-refractivity contribution is 14.1. The first kappa shape index (κ1) is 11.3. The van der Waals surface area contributed by atoms with Crippen molar-refractivity contribution in [2.24, 2.45) is 0 Å². The first-order valence-electron chi connectivity index (χ1n) is 4.25. The number of anilines is 1. The van der Waals surface area contributed by atoms with Crippen molar-refractivity contribution in [3.63, 3.8) is 0 Å². The van der Waals surface area contributed by atoms with Gasteiger partial charge in [0.15, 0.2) is 0 Å². The van der Waals surface area contributed by atoms with Crippen molar-refractivity contribution in [1.29, 1.82) is 0 Å². The molecule has 1 heterocycles. The van der Waals surface area contributed by atoms with Crippen LogP contribution in [0.4, 0.5) is 5.95 Å². The highest BCUT2D eigenvalue weighted by Crippen LogP contribution is 2.24. The van der Waals surface area contributed by atoms with Gasteiger partial charge in [-0.05, 0) is 34.7 Å². The number of nitrogens with two attached hydrogens (primary N) is 1. The first-order valence-corrected chi connectivity index (χ1v) is 5.71. The molecule has 0 atom stereocenters. The van der Waals surface area contributed by atoms with E-state index >= 15 is 0 Å². The van der Waals surface area contributed by atoms with Gasteiger partial charge in [0.2, 0.25) is 5.95 Å². The third kappa shape index (κ3) is 2.33. The second-order valence-electron chi connectivity index (χ2n) is 2.99. The molecule has 1 aromatic carbocycles. The molecule has 0 fully saturated rings. The van der Waals surface area contributed by atoms with Crippen molar-refractivity contribution in [2.75, 3.05) is 5.73 Å². The van der Waals surface area contributed by atoms with E-state index in [1.807, 2.05) is 6.07 Å². The molecule has 16 heavy (non-hydrogen) atoms. The lowest BCUT2D eigenvalue weighted by molar-refractivity contribution is 1.01.